The third kappa shape index (κ3) is 4.87. The topological polar surface area (TPSA) is 68.3 Å². The van der Waals surface area contributed by atoms with Gasteiger partial charge in [-0.1, -0.05) is 24.3 Å². The molecular formula is C21H28N4O2S+2. The molecule has 0 saturated carbocycles. The summed E-state index contributed by atoms with van der Waals surface area (Å²) in [5.74, 6) is 0. The number of nitrogens with two attached hydrogens (primary N) is 1. The summed E-state index contributed by atoms with van der Waals surface area (Å²) in [7, 11) is 0. The Hall–Kier alpha value is -2.03. The standard InChI is InChI=1S/C21H26N4O2S/c26-19(16-24-8-10-27-11-9-24)14-22-13-17-15-25(18-5-2-1-3-6-18)23-21(17)20-7-4-12-28-20/h1-7,12,15,19,22,26H,8-11,13-14,16H2/p+2/t19-/m0/s1. The summed E-state index contributed by atoms with van der Waals surface area (Å²) in [4.78, 5) is 2.61. The number of nitrogens with one attached hydrogen (secondary N) is 1. The second-order valence-electron chi connectivity index (χ2n) is 7.21. The van der Waals surface area contributed by atoms with E-state index in [2.05, 4.69) is 41.2 Å². The van der Waals surface area contributed by atoms with Crippen molar-refractivity contribution in [3.05, 3.63) is 59.6 Å². The van der Waals surface area contributed by atoms with Crippen LogP contribution in [0.3, 0.4) is 0 Å². The van der Waals surface area contributed by atoms with E-state index in [1.54, 1.807) is 11.3 Å². The van der Waals surface area contributed by atoms with Crippen LogP contribution in [0, 0.1) is 0 Å². The number of rotatable bonds is 8. The van der Waals surface area contributed by atoms with Gasteiger partial charge in [0.1, 0.15) is 38.4 Å². The Labute approximate surface area is 169 Å². The molecule has 4 N–H and O–H groups in total. The number of morpholine rings is 1. The van der Waals surface area contributed by atoms with Gasteiger partial charge >= 0.3 is 0 Å². The van der Waals surface area contributed by atoms with E-state index >= 15 is 0 Å². The minimum atomic E-state index is -0.303. The SMILES string of the molecule is O[C@@H](C[NH2+]Cc1cn(-c2ccccc2)nc1-c1cccs1)C[NH+]1CCOCC1. The van der Waals surface area contributed by atoms with Crippen molar-refractivity contribution in [2.45, 2.75) is 12.6 Å². The highest BCUT2D eigenvalue weighted by Gasteiger charge is 2.20. The number of ether oxygens (including phenoxy) is 1. The van der Waals surface area contributed by atoms with Crippen LogP contribution in [-0.2, 0) is 11.3 Å². The number of benzene rings is 1. The normalized spacial score (nSPS) is 16.3. The van der Waals surface area contributed by atoms with Gasteiger partial charge in [-0.25, -0.2) is 4.68 Å². The third-order valence-electron chi connectivity index (χ3n) is 5.09. The lowest BCUT2D eigenvalue weighted by Crippen LogP contribution is -3.15. The zero-order chi connectivity index (χ0) is 19.2. The molecule has 4 rings (SSSR count). The molecule has 148 valence electrons. The van der Waals surface area contributed by atoms with Gasteiger partial charge in [0.2, 0.25) is 0 Å². The molecule has 3 aromatic rings. The highest BCUT2D eigenvalue weighted by atomic mass is 32.1. The summed E-state index contributed by atoms with van der Waals surface area (Å²) in [6, 6.07) is 14.4. The van der Waals surface area contributed by atoms with Crippen molar-refractivity contribution in [2.75, 3.05) is 39.4 Å². The maximum atomic E-state index is 10.4. The maximum absolute atomic E-state index is 10.4. The first kappa shape index (κ1) is 19.3. The predicted octanol–water partition coefficient (Wildman–Crippen LogP) is -0.0598. The number of thiophene rings is 1. The molecule has 0 bridgehead atoms. The first-order valence-corrected chi connectivity index (χ1v) is 10.8. The zero-order valence-corrected chi connectivity index (χ0v) is 16.8. The molecule has 28 heavy (non-hydrogen) atoms. The molecule has 0 unspecified atom stereocenters. The fourth-order valence-electron chi connectivity index (χ4n) is 3.60. The van der Waals surface area contributed by atoms with Crippen LogP contribution in [0.4, 0.5) is 0 Å². The smallest absolute Gasteiger partial charge is 0.151 e. The third-order valence-corrected chi connectivity index (χ3v) is 5.97. The Kier molecular flexibility index (Phi) is 6.51. The fourth-order valence-corrected chi connectivity index (χ4v) is 4.35. The van der Waals surface area contributed by atoms with Crippen molar-refractivity contribution < 1.29 is 20.1 Å². The van der Waals surface area contributed by atoms with Gasteiger partial charge < -0.3 is 20.1 Å². The number of aliphatic hydroxyl groups excluding tert-OH is 1. The van der Waals surface area contributed by atoms with Gasteiger partial charge in [0.25, 0.3) is 0 Å². The number of aromatic nitrogens is 2. The molecule has 1 aliphatic heterocycles. The Morgan fingerprint density at radius 1 is 1.18 bits per heavy atom. The van der Waals surface area contributed by atoms with Gasteiger partial charge in [-0.15, -0.1) is 11.3 Å². The molecule has 6 nitrogen and oxygen atoms in total. The lowest BCUT2D eigenvalue weighted by Gasteiger charge is -2.25. The van der Waals surface area contributed by atoms with Gasteiger partial charge in [-0.2, -0.15) is 5.10 Å². The number of nitrogens with zero attached hydrogens (tertiary/aromatic N) is 2. The summed E-state index contributed by atoms with van der Waals surface area (Å²) >= 11 is 1.71. The van der Waals surface area contributed by atoms with Crippen LogP contribution in [0.1, 0.15) is 5.56 Å². The Morgan fingerprint density at radius 2 is 2.00 bits per heavy atom. The number of hydrogen-bond acceptors (Lipinski definition) is 4. The maximum Gasteiger partial charge on any atom is 0.151 e. The van der Waals surface area contributed by atoms with Crippen molar-refractivity contribution in [1.82, 2.24) is 9.78 Å². The monoisotopic (exact) mass is 400 g/mol. The molecule has 1 aromatic carbocycles. The van der Waals surface area contributed by atoms with Crippen LogP contribution in [0.2, 0.25) is 0 Å². The summed E-state index contributed by atoms with van der Waals surface area (Å²) in [6.07, 6.45) is 1.81. The van der Waals surface area contributed by atoms with E-state index in [1.165, 1.54) is 15.3 Å². The molecule has 0 radical (unpaired) electrons. The molecule has 0 amide bonds. The van der Waals surface area contributed by atoms with E-state index in [0.29, 0.717) is 6.54 Å². The molecule has 7 heteroatoms. The van der Waals surface area contributed by atoms with Crippen molar-refractivity contribution in [3.8, 4) is 16.3 Å². The van der Waals surface area contributed by atoms with Crippen LogP contribution < -0.4 is 10.2 Å². The second-order valence-corrected chi connectivity index (χ2v) is 8.16. The average Bonchev–Trinajstić information content (AvgIpc) is 3.39. The van der Waals surface area contributed by atoms with Crippen LogP contribution in [0.25, 0.3) is 16.3 Å². The lowest BCUT2D eigenvalue weighted by molar-refractivity contribution is -0.912. The first-order chi connectivity index (χ1) is 13.8. The van der Waals surface area contributed by atoms with E-state index in [-0.39, 0.29) is 6.10 Å². The summed E-state index contributed by atoms with van der Waals surface area (Å²) in [5.41, 5.74) is 3.28. The van der Waals surface area contributed by atoms with Crippen molar-refractivity contribution >= 4 is 11.3 Å². The Morgan fingerprint density at radius 3 is 2.75 bits per heavy atom. The number of aliphatic hydroxyl groups is 1. The molecule has 1 fully saturated rings. The Balaban J connectivity index is 1.41. The average molecular weight is 401 g/mol. The van der Waals surface area contributed by atoms with Crippen LogP contribution >= 0.6 is 11.3 Å². The lowest BCUT2D eigenvalue weighted by atomic mass is 10.2. The van der Waals surface area contributed by atoms with Crippen LogP contribution in [-0.4, -0.2) is 60.4 Å². The van der Waals surface area contributed by atoms with Crippen molar-refractivity contribution in [3.63, 3.8) is 0 Å². The second kappa shape index (κ2) is 9.45. The van der Waals surface area contributed by atoms with Gasteiger partial charge in [0.05, 0.1) is 29.3 Å². The zero-order valence-electron chi connectivity index (χ0n) is 16.0. The van der Waals surface area contributed by atoms with Gasteiger partial charge in [0, 0.05) is 6.20 Å². The van der Waals surface area contributed by atoms with Gasteiger partial charge in [-0.3, -0.25) is 0 Å². The molecule has 0 aliphatic carbocycles. The highest BCUT2D eigenvalue weighted by molar-refractivity contribution is 7.13. The van der Waals surface area contributed by atoms with E-state index in [4.69, 9.17) is 9.84 Å². The minimum Gasteiger partial charge on any atom is -0.382 e. The van der Waals surface area contributed by atoms with Gasteiger partial charge in [-0.05, 0) is 23.6 Å². The van der Waals surface area contributed by atoms with E-state index in [0.717, 1.165) is 50.8 Å². The van der Waals surface area contributed by atoms with Crippen LogP contribution in [0.15, 0.2) is 54.0 Å². The summed E-state index contributed by atoms with van der Waals surface area (Å²) in [6.45, 7) is 5.87. The predicted molar refractivity (Wildman–Crippen MR) is 110 cm³/mol. The molecular weight excluding hydrogens is 372 g/mol. The van der Waals surface area contributed by atoms with Crippen LogP contribution in [0.5, 0.6) is 0 Å². The van der Waals surface area contributed by atoms with E-state index < -0.39 is 0 Å². The van der Waals surface area contributed by atoms with Crippen molar-refractivity contribution in [1.29, 1.82) is 0 Å². The number of quaternary nitrogens is 2. The highest BCUT2D eigenvalue weighted by Crippen LogP contribution is 2.27. The first-order valence-electron chi connectivity index (χ1n) is 9.88. The molecule has 3 heterocycles. The number of para-hydroxylation sites is 1. The molecule has 1 aliphatic rings. The molecule has 0 spiro atoms. The summed E-state index contributed by atoms with van der Waals surface area (Å²) < 4.78 is 7.34. The molecule has 1 atom stereocenters. The van der Waals surface area contributed by atoms with E-state index in [1.807, 2.05) is 22.9 Å². The summed E-state index contributed by atoms with van der Waals surface area (Å²) in [5, 5.41) is 19.5. The molecule has 2 aromatic heterocycles. The number of hydrogen-bond donors (Lipinski definition) is 3. The molecule has 1 saturated heterocycles. The largest absolute Gasteiger partial charge is 0.382 e. The Bertz CT molecular complexity index is 845. The fraction of sp³-hybridized carbons (Fsp3) is 0.381. The minimum absolute atomic E-state index is 0.303. The van der Waals surface area contributed by atoms with E-state index in [9.17, 15) is 5.11 Å². The van der Waals surface area contributed by atoms with Gasteiger partial charge in [0.15, 0.2) is 6.10 Å². The van der Waals surface area contributed by atoms with Crippen molar-refractivity contribution in [2.24, 2.45) is 0 Å². The quantitative estimate of drug-likeness (QED) is 0.496.